The molecule has 0 heterocycles. The van der Waals surface area contributed by atoms with Crippen LogP contribution in [-0.4, -0.2) is 10.3 Å². The molecular formula is C6H12INO. The van der Waals surface area contributed by atoms with E-state index in [1.54, 1.807) is 0 Å². The van der Waals surface area contributed by atoms with Crippen LogP contribution >= 0.6 is 22.6 Å². The smallest absolute Gasteiger partial charge is 0.220 e. The summed E-state index contributed by atoms with van der Waals surface area (Å²) >= 11 is 2.29. The van der Waals surface area contributed by atoms with Crippen LogP contribution in [0.1, 0.15) is 19.8 Å². The van der Waals surface area contributed by atoms with Gasteiger partial charge in [0.15, 0.2) is 0 Å². The molecule has 0 aromatic carbocycles. The monoisotopic (exact) mass is 241 g/mol. The molecule has 0 aromatic rings. The van der Waals surface area contributed by atoms with Crippen molar-refractivity contribution in [1.82, 2.24) is 0 Å². The van der Waals surface area contributed by atoms with E-state index in [0.717, 1.165) is 17.3 Å². The van der Waals surface area contributed by atoms with Crippen LogP contribution in [0, 0.1) is 5.92 Å². The maximum Gasteiger partial charge on any atom is 0.220 e. The summed E-state index contributed by atoms with van der Waals surface area (Å²) < 4.78 is 1.11. The zero-order valence-electron chi connectivity index (χ0n) is 5.56. The molecule has 0 saturated heterocycles. The van der Waals surface area contributed by atoms with Gasteiger partial charge in [0.2, 0.25) is 5.91 Å². The first-order chi connectivity index (χ1) is 4.18. The molecule has 1 atom stereocenters. The molecule has 2 N–H and O–H groups in total. The van der Waals surface area contributed by atoms with Crippen molar-refractivity contribution in [2.24, 2.45) is 11.7 Å². The van der Waals surface area contributed by atoms with E-state index in [1.165, 1.54) is 0 Å². The Balaban J connectivity index is 3.27. The largest absolute Gasteiger partial charge is 0.369 e. The number of nitrogens with two attached hydrogens (primary N) is 1. The Morgan fingerprint density at radius 3 is 2.67 bits per heavy atom. The Morgan fingerprint density at radius 1 is 1.78 bits per heavy atom. The maximum atomic E-state index is 10.4. The average Bonchev–Trinajstić information content (AvgIpc) is 1.82. The molecule has 2 nitrogen and oxygen atoms in total. The molecule has 0 aliphatic heterocycles. The van der Waals surface area contributed by atoms with Gasteiger partial charge in [-0.15, -0.1) is 0 Å². The van der Waals surface area contributed by atoms with Crippen molar-refractivity contribution in [3.05, 3.63) is 0 Å². The number of hydrogen-bond acceptors (Lipinski definition) is 1. The van der Waals surface area contributed by atoms with E-state index < -0.39 is 0 Å². The van der Waals surface area contributed by atoms with Gasteiger partial charge < -0.3 is 5.73 Å². The third-order valence-electron chi connectivity index (χ3n) is 1.26. The number of primary amides is 1. The fraction of sp³-hybridized carbons (Fsp3) is 0.833. The van der Waals surface area contributed by atoms with E-state index in [-0.39, 0.29) is 11.8 Å². The van der Waals surface area contributed by atoms with Crippen LogP contribution in [0.2, 0.25) is 0 Å². The van der Waals surface area contributed by atoms with Crippen molar-refractivity contribution in [3.8, 4) is 0 Å². The number of hydrogen-bond donors (Lipinski definition) is 1. The van der Waals surface area contributed by atoms with Crippen molar-refractivity contribution in [1.29, 1.82) is 0 Å². The van der Waals surface area contributed by atoms with E-state index in [0.29, 0.717) is 0 Å². The molecule has 0 aromatic heterocycles. The molecule has 3 heteroatoms. The summed E-state index contributed by atoms with van der Waals surface area (Å²) in [7, 11) is 0. The van der Waals surface area contributed by atoms with E-state index in [1.807, 2.05) is 6.92 Å². The molecular weight excluding hydrogens is 229 g/mol. The highest BCUT2D eigenvalue weighted by molar-refractivity contribution is 14.1. The van der Waals surface area contributed by atoms with Crippen molar-refractivity contribution < 1.29 is 4.79 Å². The first-order valence-corrected chi connectivity index (χ1v) is 4.56. The van der Waals surface area contributed by atoms with Crippen LogP contribution in [0.5, 0.6) is 0 Å². The molecule has 0 aliphatic rings. The minimum Gasteiger partial charge on any atom is -0.369 e. The number of alkyl halides is 1. The van der Waals surface area contributed by atoms with E-state index >= 15 is 0 Å². The standard InChI is InChI=1S/C6H12INO/c1-5(6(8)9)3-2-4-7/h5H,2-4H2,1H3,(H2,8,9). The summed E-state index contributed by atoms with van der Waals surface area (Å²) in [6, 6.07) is 0. The summed E-state index contributed by atoms with van der Waals surface area (Å²) in [5.41, 5.74) is 5.04. The SMILES string of the molecule is CC(CCCI)C(N)=O. The van der Waals surface area contributed by atoms with Gasteiger partial charge in [-0.1, -0.05) is 29.5 Å². The lowest BCUT2D eigenvalue weighted by molar-refractivity contribution is -0.121. The second kappa shape index (κ2) is 5.02. The van der Waals surface area contributed by atoms with Gasteiger partial charge in [0.1, 0.15) is 0 Å². The van der Waals surface area contributed by atoms with Crippen molar-refractivity contribution in [3.63, 3.8) is 0 Å². The molecule has 9 heavy (non-hydrogen) atoms. The lowest BCUT2D eigenvalue weighted by atomic mass is 10.1. The normalized spacial score (nSPS) is 13.1. The summed E-state index contributed by atoms with van der Waals surface area (Å²) in [4.78, 5) is 10.4. The number of carbonyl (C=O) groups excluding carboxylic acids is 1. The number of halogens is 1. The maximum absolute atomic E-state index is 10.4. The first kappa shape index (κ1) is 9.20. The highest BCUT2D eigenvalue weighted by Gasteiger charge is 2.05. The Hall–Kier alpha value is 0.200. The molecule has 0 spiro atoms. The van der Waals surface area contributed by atoms with Gasteiger partial charge in [0.25, 0.3) is 0 Å². The number of rotatable bonds is 4. The first-order valence-electron chi connectivity index (χ1n) is 3.03. The van der Waals surface area contributed by atoms with Crippen LogP contribution in [0.3, 0.4) is 0 Å². The van der Waals surface area contributed by atoms with Crippen LogP contribution < -0.4 is 5.73 Å². The third kappa shape index (κ3) is 4.69. The Morgan fingerprint density at radius 2 is 2.33 bits per heavy atom. The molecule has 0 saturated carbocycles. The van der Waals surface area contributed by atoms with Crippen molar-refractivity contribution in [2.45, 2.75) is 19.8 Å². The van der Waals surface area contributed by atoms with E-state index in [9.17, 15) is 4.79 Å². The lowest BCUT2D eigenvalue weighted by Gasteiger charge is -2.02. The molecule has 0 aliphatic carbocycles. The van der Waals surface area contributed by atoms with E-state index in [4.69, 9.17) is 5.73 Å². The quantitative estimate of drug-likeness (QED) is 0.585. The molecule has 0 radical (unpaired) electrons. The molecule has 54 valence electrons. The fourth-order valence-electron chi connectivity index (χ4n) is 0.526. The minimum atomic E-state index is -0.181. The van der Waals surface area contributed by atoms with Gasteiger partial charge in [0, 0.05) is 5.92 Å². The number of amides is 1. The van der Waals surface area contributed by atoms with Crippen LogP contribution in [0.15, 0.2) is 0 Å². The molecule has 0 rings (SSSR count). The minimum absolute atomic E-state index is 0.0553. The Kier molecular flexibility index (Phi) is 5.13. The van der Waals surface area contributed by atoms with Crippen molar-refractivity contribution in [2.75, 3.05) is 4.43 Å². The van der Waals surface area contributed by atoms with Gasteiger partial charge >= 0.3 is 0 Å². The summed E-state index contributed by atoms with van der Waals surface area (Å²) in [5, 5.41) is 0. The zero-order chi connectivity index (χ0) is 7.28. The molecule has 0 fully saturated rings. The van der Waals surface area contributed by atoms with Crippen LogP contribution in [0.25, 0.3) is 0 Å². The predicted octanol–water partition coefficient (Wildman–Crippen LogP) is 1.32. The van der Waals surface area contributed by atoms with Gasteiger partial charge in [0.05, 0.1) is 0 Å². The molecule has 1 amide bonds. The van der Waals surface area contributed by atoms with Crippen molar-refractivity contribution >= 4 is 28.5 Å². The Bertz CT molecular complexity index is 95.1. The summed E-state index contributed by atoms with van der Waals surface area (Å²) in [6.45, 7) is 1.87. The van der Waals surface area contributed by atoms with Crippen LogP contribution in [-0.2, 0) is 4.79 Å². The van der Waals surface area contributed by atoms with Gasteiger partial charge in [-0.25, -0.2) is 0 Å². The summed E-state index contributed by atoms with van der Waals surface area (Å²) in [5.74, 6) is -0.125. The topological polar surface area (TPSA) is 43.1 Å². The Labute approximate surface area is 69.3 Å². The highest BCUT2D eigenvalue weighted by atomic mass is 127. The van der Waals surface area contributed by atoms with Gasteiger partial charge in [-0.2, -0.15) is 0 Å². The number of carbonyl (C=O) groups is 1. The van der Waals surface area contributed by atoms with Gasteiger partial charge in [-0.05, 0) is 17.3 Å². The third-order valence-corrected chi connectivity index (χ3v) is 2.02. The second-order valence-electron chi connectivity index (χ2n) is 2.13. The lowest BCUT2D eigenvalue weighted by Crippen LogP contribution is -2.20. The fourth-order valence-corrected chi connectivity index (χ4v) is 0.966. The average molecular weight is 241 g/mol. The van der Waals surface area contributed by atoms with E-state index in [2.05, 4.69) is 22.6 Å². The predicted molar refractivity (Wildman–Crippen MR) is 46.5 cm³/mol. The molecule has 0 bridgehead atoms. The summed E-state index contributed by atoms with van der Waals surface area (Å²) in [6.07, 6.45) is 2.02. The van der Waals surface area contributed by atoms with Gasteiger partial charge in [-0.3, -0.25) is 4.79 Å². The molecule has 1 unspecified atom stereocenters. The highest BCUT2D eigenvalue weighted by Crippen LogP contribution is 2.05. The zero-order valence-corrected chi connectivity index (χ0v) is 7.72. The second-order valence-corrected chi connectivity index (χ2v) is 3.21. The van der Waals surface area contributed by atoms with Crippen LogP contribution in [0.4, 0.5) is 0 Å².